The van der Waals surface area contributed by atoms with Gasteiger partial charge in [0.15, 0.2) is 16.8 Å². The normalized spacial score (nSPS) is 10.9. The van der Waals surface area contributed by atoms with Crippen molar-refractivity contribution in [1.82, 2.24) is 14.8 Å². The van der Waals surface area contributed by atoms with Gasteiger partial charge in [0.05, 0.1) is 17.6 Å². The highest BCUT2D eigenvalue weighted by Crippen LogP contribution is 2.26. The second-order valence-corrected chi connectivity index (χ2v) is 7.35. The Kier molecular flexibility index (Phi) is 5.12. The lowest BCUT2D eigenvalue weighted by Crippen LogP contribution is -2.04. The minimum absolute atomic E-state index is 0.0636. The summed E-state index contributed by atoms with van der Waals surface area (Å²) >= 11 is 1.38. The second kappa shape index (κ2) is 7.86. The summed E-state index contributed by atoms with van der Waals surface area (Å²) in [7, 11) is 1.89. The third kappa shape index (κ3) is 3.64. The van der Waals surface area contributed by atoms with Crippen molar-refractivity contribution in [3.8, 4) is 22.5 Å². The molecule has 0 aliphatic carbocycles. The fraction of sp³-hybridized carbons (Fsp3) is 0.136. The smallest absolute Gasteiger partial charge is 0.191 e. The van der Waals surface area contributed by atoms with Crippen molar-refractivity contribution in [3.05, 3.63) is 78.3 Å². The molecule has 0 N–H and O–H groups in total. The molecule has 0 atom stereocenters. The standard InChI is InChI=1S/C22H19N3O2S/c1-15-19(12-13-27-15)21-23-24-22(25(21)2)28-14-20(26)18-10-8-17(9-11-18)16-6-4-3-5-7-16/h3-13H,14H2,1-2H3. The molecule has 0 saturated carbocycles. The van der Waals surface area contributed by atoms with Gasteiger partial charge in [-0.2, -0.15) is 0 Å². The van der Waals surface area contributed by atoms with Crippen molar-refractivity contribution in [2.75, 3.05) is 5.75 Å². The van der Waals surface area contributed by atoms with E-state index in [-0.39, 0.29) is 5.78 Å². The molecule has 0 radical (unpaired) electrons. The van der Waals surface area contributed by atoms with Crippen LogP contribution < -0.4 is 0 Å². The highest BCUT2D eigenvalue weighted by atomic mass is 32.2. The van der Waals surface area contributed by atoms with E-state index >= 15 is 0 Å². The molecular weight excluding hydrogens is 370 g/mol. The molecule has 0 spiro atoms. The van der Waals surface area contributed by atoms with E-state index < -0.39 is 0 Å². The SMILES string of the molecule is Cc1occc1-c1nnc(SCC(=O)c2ccc(-c3ccccc3)cc2)n1C. The number of furan rings is 1. The van der Waals surface area contributed by atoms with E-state index in [2.05, 4.69) is 22.3 Å². The van der Waals surface area contributed by atoms with Crippen LogP contribution in [0.2, 0.25) is 0 Å². The predicted molar refractivity (Wildman–Crippen MR) is 110 cm³/mol. The van der Waals surface area contributed by atoms with E-state index in [0.29, 0.717) is 16.5 Å². The maximum Gasteiger partial charge on any atom is 0.191 e. The molecule has 0 aliphatic rings. The second-order valence-electron chi connectivity index (χ2n) is 6.41. The van der Waals surface area contributed by atoms with Crippen molar-refractivity contribution in [2.45, 2.75) is 12.1 Å². The Morgan fingerprint density at radius 3 is 2.39 bits per heavy atom. The molecule has 5 nitrogen and oxygen atoms in total. The quantitative estimate of drug-likeness (QED) is 0.342. The highest BCUT2D eigenvalue weighted by molar-refractivity contribution is 7.99. The average molecular weight is 389 g/mol. The molecule has 2 aromatic heterocycles. The van der Waals surface area contributed by atoms with Gasteiger partial charge in [-0.05, 0) is 24.1 Å². The van der Waals surface area contributed by atoms with Crippen molar-refractivity contribution >= 4 is 17.5 Å². The van der Waals surface area contributed by atoms with Crippen LogP contribution in [-0.2, 0) is 7.05 Å². The molecule has 0 aliphatic heterocycles. The van der Waals surface area contributed by atoms with Gasteiger partial charge in [0, 0.05) is 12.6 Å². The van der Waals surface area contributed by atoms with Crippen LogP contribution in [0.25, 0.3) is 22.5 Å². The molecule has 0 saturated heterocycles. The number of carbonyl (C=O) groups excluding carboxylic acids is 1. The molecule has 28 heavy (non-hydrogen) atoms. The molecule has 2 aromatic carbocycles. The van der Waals surface area contributed by atoms with E-state index in [1.165, 1.54) is 11.8 Å². The Balaban J connectivity index is 1.44. The molecule has 0 amide bonds. The Bertz CT molecular complexity index is 1100. The van der Waals surface area contributed by atoms with Gasteiger partial charge in [0.2, 0.25) is 0 Å². The molecule has 6 heteroatoms. The van der Waals surface area contributed by atoms with Gasteiger partial charge in [-0.3, -0.25) is 4.79 Å². The van der Waals surface area contributed by atoms with Crippen molar-refractivity contribution < 1.29 is 9.21 Å². The minimum atomic E-state index is 0.0636. The number of ketones is 1. The van der Waals surface area contributed by atoms with Gasteiger partial charge in [0.1, 0.15) is 5.76 Å². The molecular formula is C22H19N3O2S. The first-order valence-corrected chi connectivity index (χ1v) is 9.87. The number of thioether (sulfide) groups is 1. The van der Waals surface area contributed by atoms with Crippen LogP contribution in [0, 0.1) is 6.92 Å². The lowest BCUT2D eigenvalue weighted by atomic mass is 10.0. The maximum atomic E-state index is 12.6. The number of nitrogens with zero attached hydrogens (tertiary/aromatic N) is 3. The zero-order chi connectivity index (χ0) is 19.5. The topological polar surface area (TPSA) is 60.9 Å². The fourth-order valence-electron chi connectivity index (χ4n) is 2.98. The van der Waals surface area contributed by atoms with E-state index in [1.807, 2.05) is 67.1 Å². The summed E-state index contributed by atoms with van der Waals surface area (Å²) in [6, 6.07) is 19.7. The number of hydrogen-bond acceptors (Lipinski definition) is 5. The van der Waals surface area contributed by atoms with Crippen molar-refractivity contribution in [1.29, 1.82) is 0 Å². The summed E-state index contributed by atoms with van der Waals surface area (Å²) in [5.41, 5.74) is 3.83. The van der Waals surface area contributed by atoms with Gasteiger partial charge in [0.25, 0.3) is 0 Å². The van der Waals surface area contributed by atoms with Crippen LogP contribution in [0.4, 0.5) is 0 Å². The number of carbonyl (C=O) groups is 1. The lowest BCUT2D eigenvalue weighted by Gasteiger charge is -2.05. The first-order chi connectivity index (χ1) is 13.6. The molecule has 0 bridgehead atoms. The van der Waals surface area contributed by atoms with Crippen LogP contribution in [0.5, 0.6) is 0 Å². The third-order valence-corrected chi connectivity index (χ3v) is 5.60. The molecule has 0 unspecified atom stereocenters. The lowest BCUT2D eigenvalue weighted by molar-refractivity contribution is 0.102. The van der Waals surface area contributed by atoms with Crippen LogP contribution in [0.15, 0.2) is 76.5 Å². The van der Waals surface area contributed by atoms with Crippen LogP contribution >= 0.6 is 11.8 Å². The molecule has 2 heterocycles. The predicted octanol–water partition coefficient (Wildman–Crippen LogP) is 5.03. The monoisotopic (exact) mass is 389 g/mol. The largest absolute Gasteiger partial charge is 0.469 e. The Morgan fingerprint density at radius 2 is 1.71 bits per heavy atom. The highest BCUT2D eigenvalue weighted by Gasteiger charge is 2.16. The third-order valence-electron chi connectivity index (χ3n) is 4.58. The number of aromatic nitrogens is 3. The van der Waals surface area contributed by atoms with Crippen molar-refractivity contribution in [3.63, 3.8) is 0 Å². The Morgan fingerprint density at radius 1 is 1.00 bits per heavy atom. The summed E-state index contributed by atoms with van der Waals surface area (Å²) in [5, 5.41) is 9.15. The van der Waals surface area contributed by atoms with Gasteiger partial charge in [-0.25, -0.2) is 0 Å². The summed E-state index contributed by atoms with van der Waals surface area (Å²) in [5.74, 6) is 1.89. The zero-order valence-corrected chi connectivity index (χ0v) is 16.4. The van der Waals surface area contributed by atoms with Gasteiger partial charge in [-0.15, -0.1) is 10.2 Å². The van der Waals surface area contributed by atoms with Gasteiger partial charge < -0.3 is 8.98 Å². The maximum absolute atomic E-state index is 12.6. The zero-order valence-electron chi connectivity index (χ0n) is 15.6. The Hall–Kier alpha value is -3.12. The van der Waals surface area contributed by atoms with E-state index in [4.69, 9.17) is 4.42 Å². The number of rotatable bonds is 6. The van der Waals surface area contributed by atoms with Crippen LogP contribution in [0.3, 0.4) is 0 Å². The first kappa shape index (κ1) is 18.3. The summed E-state index contributed by atoms with van der Waals surface area (Å²) in [4.78, 5) is 12.6. The molecule has 4 aromatic rings. The van der Waals surface area contributed by atoms with Crippen LogP contribution in [-0.4, -0.2) is 26.3 Å². The van der Waals surface area contributed by atoms with Gasteiger partial charge in [-0.1, -0.05) is 66.4 Å². The molecule has 0 fully saturated rings. The summed E-state index contributed by atoms with van der Waals surface area (Å²) in [6.45, 7) is 1.89. The van der Waals surface area contributed by atoms with Gasteiger partial charge >= 0.3 is 0 Å². The number of aryl methyl sites for hydroxylation is 1. The van der Waals surface area contributed by atoms with Crippen molar-refractivity contribution in [2.24, 2.45) is 7.05 Å². The average Bonchev–Trinajstić information content (AvgIpc) is 3.32. The number of hydrogen-bond donors (Lipinski definition) is 0. The first-order valence-electron chi connectivity index (χ1n) is 8.89. The Labute approximate surface area is 167 Å². The van der Waals surface area contributed by atoms with E-state index in [9.17, 15) is 4.79 Å². The number of benzene rings is 2. The van der Waals surface area contributed by atoms with E-state index in [1.54, 1.807) is 6.26 Å². The number of Topliss-reactive ketones (excluding diaryl/α,β-unsaturated/α-hetero) is 1. The molecule has 140 valence electrons. The summed E-state index contributed by atoms with van der Waals surface area (Å²) < 4.78 is 7.22. The van der Waals surface area contributed by atoms with Crippen LogP contribution in [0.1, 0.15) is 16.1 Å². The summed E-state index contributed by atoms with van der Waals surface area (Å²) in [6.07, 6.45) is 1.63. The minimum Gasteiger partial charge on any atom is -0.469 e. The fourth-order valence-corrected chi connectivity index (χ4v) is 3.79. The molecule has 4 rings (SSSR count). The van der Waals surface area contributed by atoms with E-state index in [0.717, 1.165) is 28.3 Å².